The number of thiocarbonyl (C=S) groups is 1. The van der Waals surface area contributed by atoms with Crippen LogP contribution in [0.1, 0.15) is 23.7 Å². The Bertz CT molecular complexity index is 1190. The average molecular weight is 448 g/mol. The average Bonchev–Trinajstić information content (AvgIpc) is 3.22. The Morgan fingerprint density at radius 2 is 1.87 bits per heavy atom. The van der Waals surface area contributed by atoms with Gasteiger partial charge >= 0.3 is 0 Å². The third-order valence-electron chi connectivity index (χ3n) is 4.48. The second kappa shape index (κ2) is 9.68. The first-order chi connectivity index (χ1) is 15.1. The first kappa shape index (κ1) is 21.0. The molecule has 0 atom stereocenters. The van der Waals surface area contributed by atoms with Crippen LogP contribution in [0.3, 0.4) is 0 Å². The van der Waals surface area contributed by atoms with Crippen molar-refractivity contribution in [1.82, 2.24) is 10.3 Å². The number of amides is 1. The lowest BCUT2D eigenvalue weighted by Gasteiger charge is -2.11. The summed E-state index contributed by atoms with van der Waals surface area (Å²) in [6.45, 7) is 2.64. The van der Waals surface area contributed by atoms with Crippen LogP contribution in [-0.2, 0) is 0 Å². The highest BCUT2D eigenvalue weighted by Crippen LogP contribution is 2.30. The van der Waals surface area contributed by atoms with Crippen LogP contribution < -0.4 is 15.4 Å². The fourth-order valence-electron chi connectivity index (χ4n) is 2.98. The number of carbonyl (C=O) groups excluding carboxylic acids is 1. The lowest BCUT2D eigenvalue weighted by molar-refractivity contribution is 0.0977. The summed E-state index contributed by atoms with van der Waals surface area (Å²) >= 11 is 6.96. The largest absolute Gasteiger partial charge is 0.494 e. The zero-order valence-electron chi connectivity index (χ0n) is 16.9. The molecule has 3 aromatic carbocycles. The highest BCUT2D eigenvalue weighted by atomic mass is 32.1. The summed E-state index contributed by atoms with van der Waals surface area (Å²) < 4.78 is 6.74. The van der Waals surface area contributed by atoms with Crippen molar-refractivity contribution in [3.63, 3.8) is 0 Å². The number of fused-ring (bicyclic) bond motifs is 1. The molecule has 156 valence electrons. The zero-order chi connectivity index (χ0) is 21.6. The number of nitrogens with zero attached hydrogens (tertiary/aromatic N) is 1. The van der Waals surface area contributed by atoms with E-state index in [0.717, 1.165) is 32.9 Å². The molecule has 4 aromatic rings. The van der Waals surface area contributed by atoms with E-state index in [2.05, 4.69) is 21.7 Å². The molecule has 2 N–H and O–H groups in total. The fourth-order valence-corrected chi connectivity index (χ4v) is 4.16. The predicted molar refractivity (Wildman–Crippen MR) is 131 cm³/mol. The number of nitrogens with one attached hydrogen (secondary N) is 2. The van der Waals surface area contributed by atoms with Crippen molar-refractivity contribution in [2.75, 3.05) is 11.9 Å². The number of rotatable bonds is 6. The Labute approximate surface area is 190 Å². The van der Waals surface area contributed by atoms with E-state index in [0.29, 0.717) is 17.9 Å². The Hall–Kier alpha value is -3.29. The van der Waals surface area contributed by atoms with Crippen LogP contribution in [0.25, 0.3) is 20.8 Å². The summed E-state index contributed by atoms with van der Waals surface area (Å²) in [6.07, 6.45) is 0.905. The molecular weight excluding hydrogens is 426 g/mol. The van der Waals surface area contributed by atoms with Gasteiger partial charge in [-0.2, -0.15) is 0 Å². The van der Waals surface area contributed by atoms with Crippen molar-refractivity contribution in [2.45, 2.75) is 13.3 Å². The molecule has 0 aliphatic heterocycles. The van der Waals surface area contributed by atoms with Gasteiger partial charge in [0.2, 0.25) is 0 Å². The van der Waals surface area contributed by atoms with E-state index in [1.165, 1.54) is 0 Å². The van der Waals surface area contributed by atoms with E-state index in [1.54, 1.807) is 29.5 Å². The lowest BCUT2D eigenvalue weighted by atomic mass is 10.2. The highest BCUT2D eigenvalue weighted by molar-refractivity contribution is 7.80. The zero-order valence-corrected chi connectivity index (χ0v) is 18.6. The number of hydrogen-bond donors (Lipinski definition) is 2. The molecule has 0 saturated heterocycles. The van der Waals surface area contributed by atoms with Crippen molar-refractivity contribution < 1.29 is 9.53 Å². The summed E-state index contributed by atoms with van der Waals surface area (Å²) in [4.78, 5) is 17.2. The molecule has 0 fully saturated rings. The fraction of sp³-hybridized carbons (Fsp3) is 0.125. The van der Waals surface area contributed by atoms with Crippen molar-refractivity contribution >= 4 is 50.5 Å². The minimum Gasteiger partial charge on any atom is -0.494 e. The number of thiazole rings is 1. The van der Waals surface area contributed by atoms with Crippen molar-refractivity contribution in [1.29, 1.82) is 0 Å². The van der Waals surface area contributed by atoms with E-state index in [9.17, 15) is 4.79 Å². The first-order valence-electron chi connectivity index (χ1n) is 9.93. The van der Waals surface area contributed by atoms with E-state index in [-0.39, 0.29) is 11.0 Å². The van der Waals surface area contributed by atoms with E-state index in [1.807, 2.05) is 55.5 Å². The summed E-state index contributed by atoms with van der Waals surface area (Å²) in [5.74, 6) is 0.379. The molecule has 4 rings (SSSR count). The van der Waals surface area contributed by atoms with Gasteiger partial charge in [-0.1, -0.05) is 25.1 Å². The molecule has 5 nitrogen and oxygen atoms in total. The van der Waals surface area contributed by atoms with Crippen molar-refractivity contribution in [2.24, 2.45) is 0 Å². The van der Waals surface area contributed by atoms with E-state index >= 15 is 0 Å². The van der Waals surface area contributed by atoms with Crippen LogP contribution in [0.2, 0.25) is 0 Å². The van der Waals surface area contributed by atoms with Crippen LogP contribution >= 0.6 is 23.6 Å². The van der Waals surface area contributed by atoms with Gasteiger partial charge in [0.05, 0.1) is 16.8 Å². The molecular formula is C24H21N3O2S2. The second-order valence-corrected chi connectivity index (χ2v) is 8.29. The predicted octanol–water partition coefficient (Wildman–Crippen LogP) is 5.88. The molecule has 1 aromatic heterocycles. The van der Waals surface area contributed by atoms with E-state index in [4.69, 9.17) is 17.0 Å². The monoisotopic (exact) mass is 447 g/mol. The molecule has 0 unspecified atom stereocenters. The van der Waals surface area contributed by atoms with Crippen LogP contribution in [-0.4, -0.2) is 22.6 Å². The molecule has 0 aliphatic carbocycles. The van der Waals surface area contributed by atoms with Gasteiger partial charge in [-0.05, 0) is 73.2 Å². The Morgan fingerprint density at radius 1 is 1.06 bits per heavy atom. The lowest BCUT2D eigenvalue weighted by Crippen LogP contribution is -2.34. The summed E-state index contributed by atoms with van der Waals surface area (Å²) in [6, 6.07) is 22.9. The summed E-state index contributed by atoms with van der Waals surface area (Å²) in [5, 5.41) is 6.96. The van der Waals surface area contributed by atoms with Crippen LogP contribution in [0.5, 0.6) is 5.75 Å². The number of carbonyl (C=O) groups is 1. The molecule has 0 bridgehead atoms. The van der Waals surface area contributed by atoms with Gasteiger partial charge < -0.3 is 10.1 Å². The Morgan fingerprint density at radius 3 is 2.65 bits per heavy atom. The quantitative estimate of drug-likeness (QED) is 0.362. The number of anilines is 1. The van der Waals surface area contributed by atoms with E-state index < -0.39 is 0 Å². The maximum Gasteiger partial charge on any atom is 0.257 e. The van der Waals surface area contributed by atoms with Crippen LogP contribution in [0, 0.1) is 0 Å². The third-order valence-corrected chi connectivity index (χ3v) is 5.77. The highest BCUT2D eigenvalue weighted by Gasteiger charge is 2.10. The molecule has 0 radical (unpaired) electrons. The molecule has 0 saturated carbocycles. The Kier molecular flexibility index (Phi) is 6.54. The maximum atomic E-state index is 12.5. The summed E-state index contributed by atoms with van der Waals surface area (Å²) in [7, 11) is 0. The number of aromatic nitrogens is 1. The van der Waals surface area contributed by atoms with Crippen molar-refractivity contribution in [3.05, 3.63) is 78.4 Å². The number of benzene rings is 3. The molecule has 0 aliphatic rings. The maximum absolute atomic E-state index is 12.5. The summed E-state index contributed by atoms with van der Waals surface area (Å²) in [5.41, 5.74) is 3.31. The number of ether oxygens (including phenoxy) is 1. The minimum atomic E-state index is -0.287. The second-order valence-electron chi connectivity index (χ2n) is 6.85. The van der Waals surface area contributed by atoms with Crippen LogP contribution in [0.15, 0.2) is 72.8 Å². The smallest absolute Gasteiger partial charge is 0.257 e. The first-order valence-corrected chi connectivity index (χ1v) is 11.2. The number of hydrogen-bond acceptors (Lipinski definition) is 5. The van der Waals surface area contributed by atoms with Gasteiger partial charge in [-0.25, -0.2) is 4.98 Å². The third kappa shape index (κ3) is 5.25. The standard InChI is InChI=1S/C24H21N3O2S2/c1-2-14-29-19-7-5-6-17(15-19)22(28)27-24(30)25-18-12-10-16(11-13-18)23-26-20-8-3-4-9-21(20)31-23/h3-13,15H,2,14H2,1H3,(H2,25,27,28,30). The molecule has 7 heteroatoms. The van der Waals surface area contributed by atoms with Crippen LogP contribution in [0.4, 0.5) is 5.69 Å². The van der Waals surface area contributed by atoms with Gasteiger partial charge in [-0.15, -0.1) is 11.3 Å². The normalized spacial score (nSPS) is 10.6. The molecule has 31 heavy (non-hydrogen) atoms. The minimum absolute atomic E-state index is 0.234. The molecule has 1 amide bonds. The SMILES string of the molecule is CCCOc1cccc(C(=O)NC(=S)Nc2ccc(-c3nc4ccccc4s3)cc2)c1. The Balaban J connectivity index is 1.38. The molecule has 1 heterocycles. The van der Waals surface area contributed by atoms with Crippen molar-refractivity contribution in [3.8, 4) is 16.3 Å². The number of para-hydroxylation sites is 1. The van der Waals surface area contributed by atoms with Gasteiger partial charge in [0.15, 0.2) is 5.11 Å². The van der Waals surface area contributed by atoms with Gasteiger partial charge in [0.25, 0.3) is 5.91 Å². The molecule has 0 spiro atoms. The van der Waals surface area contributed by atoms with Gasteiger partial charge in [0, 0.05) is 16.8 Å². The van der Waals surface area contributed by atoms with Gasteiger partial charge in [-0.3, -0.25) is 10.1 Å². The topological polar surface area (TPSA) is 63.2 Å². The van der Waals surface area contributed by atoms with Gasteiger partial charge in [0.1, 0.15) is 10.8 Å².